The average Bonchev–Trinajstić information content (AvgIpc) is 3.04. The molecule has 12 heteroatoms. The van der Waals surface area contributed by atoms with Crippen LogP contribution in [0.4, 0.5) is 22.0 Å². The summed E-state index contributed by atoms with van der Waals surface area (Å²) in [7, 11) is 0. The fourth-order valence-corrected chi connectivity index (χ4v) is 2.35. The van der Waals surface area contributed by atoms with Gasteiger partial charge >= 0.3 is 12.3 Å². The van der Waals surface area contributed by atoms with Crippen LogP contribution in [0.25, 0.3) is 16.9 Å². The van der Waals surface area contributed by atoms with E-state index in [2.05, 4.69) is 24.9 Å². The Morgan fingerprint density at radius 2 is 1.69 bits per heavy atom. The summed E-state index contributed by atoms with van der Waals surface area (Å²) in [6.07, 6.45) is -7.28. The van der Waals surface area contributed by atoms with E-state index >= 15 is 0 Å². The van der Waals surface area contributed by atoms with Crippen LogP contribution in [0.15, 0.2) is 30.7 Å². The van der Waals surface area contributed by atoms with Gasteiger partial charge in [0.05, 0.1) is 18.0 Å². The van der Waals surface area contributed by atoms with E-state index in [1.54, 1.807) is 0 Å². The Labute approximate surface area is 161 Å². The maximum atomic E-state index is 14.3. The fourth-order valence-electron chi connectivity index (χ4n) is 2.35. The summed E-state index contributed by atoms with van der Waals surface area (Å²) < 4.78 is 76.6. The van der Waals surface area contributed by atoms with Gasteiger partial charge in [-0.05, 0) is 26.8 Å². The van der Waals surface area contributed by atoms with Crippen LogP contribution in [-0.4, -0.2) is 43.0 Å². The molecule has 0 aromatic carbocycles. The molecule has 3 heterocycles. The number of nitrogens with zero attached hydrogens (tertiary/aromatic N) is 5. The molecule has 0 N–H and O–H groups in total. The van der Waals surface area contributed by atoms with Crippen molar-refractivity contribution in [1.82, 2.24) is 24.6 Å². The summed E-state index contributed by atoms with van der Waals surface area (Å²) in [5.41, 5.74) is 0.663. The summed E-state index contributed by atoms with van der Waals surface area (Å²) in [4.78, 5) is 7.90. The lowest BCUT2D eigenvalue weighted by Gasteiger charge is -2.17. The molecule has 3 rings (SSSR count). The molecule has 0 saturated carbocycles. The number of hydrogen-bond donors (Lipinski definition) is 0. The minimum Gasteiger partial charge on any atom is -0.465 e. The van der Waals surface area contributed by atoms with E-state index in [4.69, 9.17) is 4.74 Å². The monoisotopic (exact) mass is 417 g/mol. The summed E-state index contributed by atoms with van der Waals surface area (Å²) in [5, 5.41) is 7.13. The van der Waals surface area contributed by atoms with Crippen molar-refractivity contribution in [3.05, 3.63) is 36.5 Å². The van der Waals surface area contributed by atoms with Crippen molar-refractivity contribution in [2.75, 3.05) is 0 Å². The van der Waals surface area contributed by atoms with E-state index in [1.165, 1.54) is 44.6 Å². The van der Waals surface area contributed by atoms with Crippen LogP contribution < -0.4 is 4.74 Å². The number of halogens is 5. The quantitative estimate of drug-likeness (QED) is 0.565. The first-order valence-electron chi connectivity index (χ1n) is 8.44. The summed E-state index contributed by atoms with van der Waals surface area (Å²) >= 11 is 0. The first-order chi connectivity index (χ1) is 13.5. The first-order valence-corrected chi connectivity index (χ1v) is 8.44. The Kier molecular flexibility index (Phi) is 5.39. The Bertz CT molecular complexity index is 988. The lowest BCUT2D eigenvalue weighted by molar-refractivity contribution is -0.272. The van der Waals surface area contributed by atoms with E-state index in [-0.39, 0.29) is 17.2 Å². The van der Waals surface area contributed by atoms with E-state index in [9.17, 15) is 22.0 Å². The lowest BCUT2D eigenvalue weighted by Crippen LogP contribution is -2.31. The molecule has 0 saturated heterocycles. The van der Waals surface area contributed by atoms with E-state index < -0.39 is 30.3 Å². The summed E-state index contributed by atoms with van der Waals surface area (Å²) in [6.45, 7) is 3.77. The Morgan fingerprint density at radius 3 is 2.28 bits per heavy atom. The number of rotatable bonds is 6. The van der Waals surface area contributed by atoms with Gasteiger partial charge in [-0.25, -0.2) is 4.98 Å². The molecule has 0 aliphatic carbocycles. The third-order valence-corrected chi connectivity index (χ3v) is 3.73. The van der Waals surface area contributed by atoms with Gasteiger partial charge in [-0.2, -0.15) is 22.0 Å². The molecule has 0 radical (unpaired) electrons. The molecule has 0 amide bonds. The minimum atomic E-state index is -4.53. The third-order valence-electron chi connectivity index (χ3n) is 3.73. The van der Waals surface area contributed by atoms with Gasteiger partial charge in [0.1, 0.15) is 0 Å². The van der Waals surface area contributed by atoms with Crippen molar-refractivity contribution < 1.29 is 31.4 Å². The number of alkyl halides is 5. The van der Waals surface area contributed by atoms with Crippen molar-refractivity contribution in [1.29, 1.82) is 0 Å². The summed E-state index contributed by atoms with van der Waals surface area (Å²) in [6, 6.07) is 2.64. The molecule has 156 valence electrons. The number of hydrogen-bond acceptors (Lipinski definition) is 6. The first kappa shape index (κ1) is 20.8. The van der Waals surface area contributed by atoms with Gasteiger partial charge in [-0.3, -0.25) is 9.38 Å². The third kappa shape index (κ3) is 4.58. The van der Waals surface area contributed by atoms with Gasteiger partial charge in [0.2, 0.25) is 11.7 Å². The standard InChI is InChI=1S/C17H16F5N5O2/c1-9(2)29-17(21,22)15-26-25-13-7-23-12(8-27(13)15)11-4-5-14(24-6-11)28-10(3)16(18,19)20/h4-10H,1-3H3/t10-/m1/s1. The fraction of sp³-hybridized carbons (Fsp3) is 0.412. The van der Waals surface area contributed by atoms with Crippen LogP contribution in [0.5, 0.6) is 5.88 Å². The number of aromatic nitrogens is 5. The topological polar surface area (TPSA) is 74.4 Å². The second-order valence-electron chi connectivity index (χ2n) is 6.39. The Balaban J connectivity index is 1.90. The highest BCUT2D eigenvalue weighted by atomic mass is 19.4. The number of fused-ring (bicyclic) bond motifs is 1. The van der Waals surface area contributed by atoms with E-state index in [0.29, 0.717) is 5.56 Å². The zero-order chi connectivity index (χ0) is 21.4. The van der Waals surface area contributed by atoms with Crippen molar-refractivity contribution in [3.8, 4) is 17.1 Å². The van der Waals surface area contributed by atoms with Crippen molar-refractivity contribution in [2.24, 2.45) is 0 Å². The molecule has 0 spiro atoms. The molecular weight excluding hydrogens is 401 g/mol. The SMILES string of the molecule is CC(C)OC(F)(F)c1nnc2cnc(-c3ccc(O[C@H](C)C(F)(F)F)nc3)cn12. The van der Waals surface area contributed by atoms with Crippen LogP contribution in [0.3, 0.4) is 0 Å². The molecule has 3 aromatic heterocycles. The molecule has 0 fully saturated rings. The van der Waals surface area contributed by atoms with Gasteiger partial charge in [-0.15, -0.1) is 10.2 Å². The van der Waals surface area contributed by atoms with Gasteiger partial charge in [0.15, 0.2) is 11.8 Å². The largest absolute Gasteiger partial charge is 0.465 e. The van der Waals surface area contributed by atoms with Crippen LogP contribution in [0, 0.1) is 0 Å². The molecule has 0 aliphatic rings. The van der Waals surface area contributed by atoms with Crippen molar-refractivity contribution >= 4 is 5.65 Å². The molecular formula is C17H16F5N5O2. The van der Waals surface area contributed by atoms with E-state index in [0.717, 1.165) is 11.3 Å². The predicted octanol–water partition coefficient (Wildman–Crippen LogP) is 3.99. The number of ether oxygens (including phenoxy) is 2. The Morgan fingerprint density at radius 1 is 0.966 bits per heavy atom. The zero-order valence-electron chi connectivity index (χ0n) is 15.5. The maximum Gasteiger partial charge on any atom is 0.425 e. The highest BCUT2D eigenvalue weighted by Gasteiger charge is 2.40. The van der Waals surface area contributed by atoms with Gasteiger partial charge < -0.3 is 9.47 Å². The van der Waals surface area contributed by atoms with Crippen LogP contribution in [0.2, 0.25) is 0 Å². The number of pyridine rings is 1. The average molecular weight is 417 g/mol. The molecule has 0 unspecified atom stereocenters. The van der Waals surface area contributed by atoms with Crippen LogP contribution >= 0.6 is 0 Å². The van der Waals surface area contributed by atoms with Crippen LogP contribution in [-0.2, 0) is 10.8 Å². The highest BCUT2D eigenvalue weighted by molar-refractivity contribution is 5.59. The second-order valence-corrected chi connectivity index (χ2v) is 6.39. The normalized spacial score (nSPS) is 13.8. The van der Waals surface area contributed by atoms with E-state index in [1.807, 2.05) is 0 Å². The van der Waals surface area contributed by atoms with Crippen molar-refractivity contribution in [3.63, 3.8) is 0 Å². The molecule has 7 nitrogen and oxygen atoms in total. The molecule has 29 heavy (non-hydrogen) atoms. The molecule has 0 bridgehead atoms. The Hall–Kier alpha value is -2.89. The second kappa shape index (κ2) is 7.50. The lowest BCUT2D eigenvalue weighted by atomic mass is 10.2. The highest BCUT2D eigenvalue weighted by Crippen LogP contribution is 2.30. The molecule has 3 aromatic rings. The molecule has 0 aliphatic heterocycles. The smallest absolute Gasteiger partial charge is 0.425 e. The zero-order valence-corrected chi connectivity index (χ0v) is 15.5. The van der Waals surface area contributed by atoms with Gasteiger partial charge in [-0.1, -0.05) is 0 Å². The van der Waals surface area contributed by atoms with Gasteiger partial charge in [0, 0.05) is 24.0 Å². The van der Waals surface area contributed by atoms with Gasteiger partial charge in [0.25, 0.3) is 0 Å². The predicted molar refractivity (Wildman–Crippen MR) is 90.3 cm³/mol. The summed E-state index contributed by atoms with van der Waals surface area (Å²) in [5.74, 6) is -0.960. The maximum absolute atomic E-state index is 14.3. The van der Waals surface area contributed by atoms with Crippen molar-refractivity contribution in [2.45, 2.75) is 45.3 Å². The molecule has 1 atom stereocenters. The minimum absolute atomic E-state index is 0.0719. The van der Waals surface area contributed by atoms with Crippen LogP contribution in [0.1, 0.15) is 26.6 Å².